The van der Waals surface area contributed by atoms with Crippen LogP contribution in [0.15, 0.2) is 52.3 Å². The molecule has 1 atom stereocenters. The van der Waals surface area contributed by atoms with Crippen LogP contribution < -0.4 is 10.2 Å². The van der Waals surface area contributed by atoms with Gasteiger partial charge in [-0.1, -0.05) is 28.1 Å². The second-order valence-electron chi connectivity index (χ2n) is 6.88. The van der Waals surface area contributed by atoms with Crippen molar-refractivity contribution in [2.24, 2.45) is 0 Å². The maximum atomic E-state index is 13.5. The zero-order valence-corrected chi connectivity index (χ0v) is 17.7. The first-order valence-electron chi connectivity index (χ1n) is 9.06. The van der Waals surface area contributed by atoms with Crippen molar-refractivity contribution < 1.29 is 9.18 Å². The lowest BCUT2D eigenvalue weighted by Gasteiger charge is -2.36. The predicted octanol–water partition coefficient (Wildman–Crippen LogP) is 5.49. The summed E-state index contributed by atoms with van der Waals surface area (Å²) < 4.78 is 14.5. The number of benzene rings is 2. The molecule has 0 spiro atoms. The number of carbonyl (C=O) groups is 1. The van der Waals surface area contributed by atoms with Gasteiger partial charge in [-0.15, -0.1) is 11.3 Å². The van der Waals surface area contributed by atoms with Crippen LogP contribution in [0.1, 0.15) is 18.9 Å². The molecule has 1 N–H and O–H groups in total. The van der Waals surface area contributed by atoms with Crippen LogP contribution in [0.5, 0.6) is 0 Å². The van der Waals surface area contributed by atoms with Gasteiger partial charge in [-0.3, -0.25) is 4.79 Å². The molecule has 0 saturated heterocycles. The van der Waals surface area contributed by atoms with Gasteiger partial charge >= 0.3 is 0 Å². The molecule has 0 saturated carbocycles. The van der Waals surface area contributed by atoms with E-state index in [-0.39, 0.29) is 24.3 Å². The number of halogens is 2. The number of rotatable bonds is 4. The van der Waals surface area contributed by atoms with E-state index < -0.39 is 0 Å². The Labute approximate surface area is 175 Å². The molecule has 2 heterocycles. The highest BCUT2D eigenvalue weighted by atomic mass is 79.9. The second-order valence-corrected chi connectivity index (χ2v) is 8.66. The molecule has 4 nitrogen and oxygen atoms in total. The first kappa shape index (κ1) is 19.1. The molecule has 1 unspecified atom stereocenters. The van der Waals surface area contributed by atoms with Gasteiger partial charge in [0.2, 0.25) is 5.91 Å². The third-order valence-electron chi connectivity index (χ3n) is 4.92. The molecule has 0 bridgehead atoms. The fraction of sp³-hybridized carbons (Fsp3) is 0.238. The Morgan fingerprint density at radius 2 is 2.11 bits per heavy atom. The van der Waals surface area contributed by atoms with E-state index in [2.05, 4.69) is 33.2 Å². The van der Waals surface area contributed by atoms with Crippen LogP contribution in [0.3, 0.4) is 0 Å². The van der Waals surface area contributed by atoms with Gasteiger partial charge in [0.15, 0.2) is 5.13 Å². The van der Waals surface area contributed by atoms with Gasteiger partial charge in [-0.05, 0) is 55.7 Å². The third-order valence-corrected chi connectivity index (χ3v) is 6.21. The van der Waals surface area contributed by atoms with Crippen LogP contribution >= 0.6 is 27.3 Å². The van der Waals surface area contributed by atoms with E-state index in [1.165, 1.54) is 17.4 Å². The number of thiazole rings is 1. The molecule has 0 fully saturated rings. The van der Waals surface area contributed by atoms with E-state index in [4.69, 9.17) is 0 Å². The molecule has 3 aromatic rings. The summed E-state index contributed by atoms with van der Waals surface area (Å²) in [7, 11) is 0. The van der Waals surface area contributed by atoms with E-state index in [0.717, 1.165) is 39.8 Å². The normalized spacial score (nSPS) is 16.0. The molecule has 1 aliphatic rings. The van der Waals surface area contributed by atoms with Gasteiger partial charge in [0, 0.05) is 27.1 Å². The van der Waals surface area contributed by atoms with Gasteiger partial charge in [-0.25, -0.2) is 9.37 Å². The van der Waals surface area contributed by atoms with Crippen LogP contribution in [0.25, 0.3) is 11.3 Å². The maximum Gasteiger partial charge on any atom is 0.245 e. The molecule has 1 amide bonds. The number of aromatic nitrogens is 1. The Morgan fingerprint density at radius 3 is 2.89 bits per heavy atom. The first-order chi connectivity index (χ1) is 13.5. The van der Waals surface area contributed by atoms with Gasteiger partial charge < -0.3 is 10.2 Å². The summed E-state index contributed by atoms with van der Waals surface area (Å²) in [5, 5.41) is 5.40. The average molecular weight is 460 g/mol. The van der Waals surface area contributed by atoms with E-state index in [9.17, 15) is 9.18 Å². The summed E-state index contributed by atoms with van der Waals surface area (Å²) in [6.45, 7) is 2.31. The molecule has 7 heteroatoms. The minimum Gasteiger partial charge on any atom is -0.359 e. The van der Waals surface area contributed by atoms with Gasteiger partial charge in [0.05, 0.1) is 12.2 Å². The van der Waals surface area contributed by atoms with E-state index in [0.29, 0.717) is 5.13 Å². The van der Waals surface area contributed by atoms with Crippen LogP contribution in [0.4, 0.5) is 15.2 Å². The largest absolute Gasteiger partial charge is 0.359 e. The fourth-order valence-electron chi connectivity index (χ4n) is 3.43. The number of nitrogens with zero attached hydrogens (tertiary/aromatic N) is 2. The Bertz CT molecular complexity index is 1010. The highest BCUT2D eigenvalue weighted by Crippen LogP contribution is 2.31. The molecule has 1 aromatic heterocycles. The summed E-state index contributed by atoms with van der Waals surface area (Å²) in [6, 6.07) is 12.9. The summed E-state index contributed by atoms with van der Waals surface area (Å²) in [6.07, 6.45) is 1.73. The van der Waals surface area contributed by atoms with Crippen molar-refractivity contribution in [1.82, 2.24) is 4.98 Å². The summed E-state index contributed by atoms with van der Waals surface area (Å²) in [5.74, 6) is -0.360. The van der Waals surface area contributed by atoms with Crippen molar-refractivity contribution in [3.8, 4) is 11.3 Å². The molecule has 28 heavy (non-hydrogen) atoms. The number of nitrogens with one attached hydrogen (secondary N) is 1. The lowest BCUT2D eigenvalue weighted by Crippen LogP contribution is -2.42. The zero-order chi connectivity index (χ0) is 19.7. The Kier molecular flexibility index (Phi) is 5.46. The number of hydrogen-bond acceptors (Lipinski definition) is 4. The van der Waals surface area contributed by atoms with Gasteiger partial charge in [-0.2, -0.15) is 0 Å². The van der Waals surface area contributed by atoms with Crippen molar-refractivity contribution in [1.29, 1.82) is 0 Å². The molecule has 0 aliphatic carbocycles. The Morgan fingerprint density at radius 1 is 1.32 bits per heavy atom. The minimum absolute atomic E-state index is 0.124. The van der Waals surface area contributed by atoms with Crippen LogP contribution in [-0.2, 0) is 11.2 Å². The SMILES string of the molecule is CC1CCc2cc(F)ccc2N1CC(=O)Nc1nc(-c2ccc(Br)cc2)cs1. The van der Waals surface area contributed by atoms with Gasteiger partial charge in [0.25, 0.3) is 0 Å². The van der Waals surface area contributed by atoms with Gasteiger partial charge in [0.1, 0.15) is 5.82 Å². The predicted molar refractivity (Wildman–Crippen MR) is 115 cm³/mol. The summed E-state index contributed by atoms with van der Waals surface area (Å²) in [4.78, 5) is 19.2. The highest BCUT2D eigenvalue weighted by Gasteiger charge is 2.25. The number of aryl methyl sites for hydroxylation is 1. The molecule has 2 aromatic carbocycles. The lowest BCUT2D eigenvalue weighted by atomic mass is 9.96. The average Bonchev–Trinajstić information content (AvgIpc) is 3.13. The number of carbonyl (C=O) groups excluding carboxylic acids is 1. The molecular weight excluding hydrogens is 441 g/mol. The minimum atomic E-state index is -0.235. The van der Waals surface area contributed by atoms with E-state index in [1.54, 1.807) is 12.1 Å². The van der Waals surface area contributed by atoms with Crippen molar-refractivity contribution in [3.05, 3.63) is 63.7 Å². The monoisotopic (exact) mass is 459 g/mol. The molecule has 0 radical (unpaired) electrons. The Balaban J connectivity index is 1.46. The van der Waals surface area contributed by atoms with Crippen molar-refractivity contribution in [2.75, 3.05) is 16.8 Å². The number of amides is 1. The smallest absolute Gasteiger partial charge is 0.245 e. The molecule has 4 rings (SSSR count). The van der Waals surface area contributed by atoms with Crippen LogP contribution in [0, 0.1) is 5.82 Å². The highest BCUT2D eigenvalue weighted by molar-refractivity contribution is 9.10. The van der Waals surface area contributed by atoms with E-state index >= 15 is 0 Å². The molecular formula is C21H19BrFN3OS. The number of anilines is 2. The third kappa shape index (κ3) is 4.10. The second kappa shape index (κ2) is 8.01. The lowest BCUT2D eigenvalue weighted by molar-refractivity contribution is -0.115. The quantitative estimate of drug-likeness (QED) is 0.560. The maximum absolute atomic E-state index is 13.5. The summed E-state index contributed by atoms with van der Waals surface area (Å²) >= 11 is 4.83. The molecule has 1 aliphatic heterocycles. The first-order valence-corrected chi connectivity index (χ1v) is 10.7. The molecule has 144 valence electrons. The van der Waals surface area contributed by atoms with Crippen molar-refractivity contribution in [2.45, 2.75) is 25.8 Å². The van der Waals surface area contributed by atoms with Crippen molar-refractivity contribution >= 4 is 44.0 Å². The van der Waals surface area contributed by atoms with Crippen molar-refractivity contribution in [3.63, 3.8) is 0 Å². The van der Waals surface area contributed by atoms with E-state index in [1.807, 2.05) is 34.5 Å². The summed E-state index contributed by atoms with van der Waals surface area (Å²) in [5.41, 5.74) is 3.73. The fourth-order valence-corrected chi connectivity index (χ4v) is 4.43. The standard InChI is InChI=1S/C21H19BrFN3OS/c1-13-2-3-15-10-17(23)8-9-19(15)26(13)11-20(27)25-21-24-18(12-28-21)14-4-6-16(22)7-5-14/h4-10,12-13H,2-3,11H2,1H3,(H,24,25,27). The number of fused-ring (bicyclic) bond motifs is 1. The topological polar surface area (TPSA) is 45.2 Å². The van der Waals surface area contributed by atoms with Crippen LogP contribution in [-0.4, -0.2) is 23.5 Å². The zero-order valence-electron chi connectivity index (χ0n) is 15.3. The number of hydrogen-bond donors (Lipinski definition) is 1. The van der Waals surface area contributed by atoms with Crippen LogP contribution in [0.2, 0.25) is 0 Å². The Hall–Kier alpha value is -2.25.